The lowest BCUT2D eigenvalue weighted by Gasteiger charge is -2.09. The van der Waals surface area contributed by atoms with Crippen molar-refractivity contribution in [2.24, 2.45) is 0 Å². The summed E-state index contributed by atoms with van der Waals surface area (Å²) in [5.74, 6) is -0.317. The van der Waals surface area contributed by atoms with Crippen LogP contribution in [0.25, 0.3) is 0 Å². The summed E-state index contributed by atoms with van der Waals surface area (Å²) < 4.78 is 19.7. The van der Waals surface area contributed by atoms with Gasteiger partial charge in [-0.25, -0.2) is 14.2 Å². The van der Waals surface area contributed by atoms with Gasteiger partial charge in [0, 0.05) is 6.54 Å². The molecule has 0 saturated heterocycles. The summed E-state index contributed by atoms with van der Waals surface area (Å²) >= 11 is 5.63. The zero-order valence-electron chi connectivity index (χ0n) is 10.5. The second kappa shape index (κ2) is 5.40. The molecule has 0 radical (unpaired) electrons. The van der Waals surface area contributed by atoms with Crippen molar-refractivity contribution in [2.75, 3.05) is 7.11 Å². The van der Waals surface area contributed by atoms with Crippen molar-refractivity contribution in [2.45, 2.75) is 13.5 Å². The van der Waals surface area contributed by atoms with Gasteiger partial charge >= 0.3 is 5.97 Å². The van der Waals surface area contributed by atoms with Gasteiger partial charge in [-0.05, 0) is 24.6 Å². The maximum Gasteiger partial charge on any atom is 0.356 e. The number of halogens is 2. The smallest absolute Gasteiger partial charge is 0.356 e. The number of aromatic nitrogens is 2. The Hall–Kier alpha value is -1.88. The van der Waals surface area contributed by atoms with E-state index < -0.39 is 11.8 Å². The summed E-state index contributed by atoms with van der Waals surface area (Å²) in [5, 5.41) is 0.0688. The highest BCUT2D eigenvalue weighted by Crippen LogP contribution is 2.17. The van der Waals surface area contributed by atoms with Crippen LogP contribution in [0.5, 0.6) is 0 Å². The molecule has 0 aliphatic heterocycles. The summed E-state index contributed by atoms with van der Waals surface area (Å²) in [6.07, 6.45) is 1.44. The maximum atomic E-state index is 13.4. The normalized spacial score (nSPS) is 10.5. The molecule has 1 heterocycles. The van der Waals surface area contributed by atoms with Gasteiger partial charge in [0.25, 0.3) is 0 Å². The average Bonchev–Trinajstić information content (AvgIpc) is 2.75. The molecule has 0 spiro atoms. The van der Waals surface area contributed by atoms with Crippen molar-refractivity contribution < 1.29 is 13.9 Å². The Morgan fingerprint density at radius 1 is 1.53 bits per heavy atom. The molecular formula is C13H12ClFN2O2. The molecule has 19 heavy (non-hydrogen) atoms. The van der Waals surface area contributed by atoms with Crippen LogP contribution >= 0.6 is 11.6 Å². The fourth-order valence-electron chi connectivity index (χ4n) is 1.76. The van der Waals surface area contributed by atoms with Gasteiger partial charge in [0.1, 0.15) is 17.3 Å². The molecular weight excluding hydrogens is 271 g/mol. The number of hydrogen-bond acceptors (Lipinski definition) is 3. The van der Waals surface area contributed by atoms with Crippen LogP contribution in [0.3, 0.4) is 0 Å². The third-order valence-electron chi connectivity index (χ3n) is 2.77. The summed E-state index contributed by atoms with van der Waals surface area (Å²) in [7, 11) is 1.30. The van der Waals surface area contributed by atoms with Crippen LogP contribution in [0.2, 0.25) is 5.02 Å². The number of rotatable bonds is 3. The van der Waals surface area contributed by atoms with Gasteiger partial charge in [0.2, 0.25) is 0 Å². The standard InChI is InChI=1S/C13H12ClFN2O2/c1-8-16-6-12(13(18)19-2)17(8)7-9-3-4-10(14)11(15)5-9/h3-6H,7H2,1-2H3. The second-order valence-electron chi connectivity index (χ2n) is 4.02. The van der Waals surface area contributed by atoms with Gasteiger partial charge in [0.05, 0.1) is 18.3 Å². The van der Waals surface area contributed by atoms with Crippen molar-refractivity contribution in [3.8, 4) is 0 Å². The van der Waals surface area contributed by atoms with Crippen molar-refractivity contribution in [1.82, 2.24) is 9.55 Å². The third-order valence-corrected chi connectivity index (χ3v) is 3.08. The van der Waals surface area contributed by atoms with Crippen molar-refractivity contribution in [3.63, 3.8) is 0 Å². The fraction of sp³-hybridized carbons (Fsp3) is 0.231. The maximum absolute atomic E-state index is 13.4. The molecule has 0 bridgehead atoms. The van der Waals surface area contributed by atoms with E-state index in [2.05, 4.69) is 9.72 Å². The number of benzene rings is 1. The number of esters is 1. The predicted molar refractivity (Wildman–Crippen MR) is 68.8 cm³/mol. The van der Waals surface area contributed by atoms with Crippen LogP contribution in [0.15, 0.2) is 24.4 Å². The Bertz CT molecular complexity index is 625. The Balaban J connectivity index is 2.35. The lowest BCUT2D eigenvalue weighted by molar-refractivity contribution is 0.0588. The number of methoxy groups -OCH3 is 1. The lowest BCUT2D eigenvalue weighted by Crippen LogP contribution is -2.12. The van der Waals surface area contributed by atoms with Crippen LogP contribution < -0.4 is 0 Å². The van der Waals surface area contributed by atoms with E-state index in [1.807, 2.05) is 0 Å². The Morgan fingerprint density at radius 3 is 2.89 bits per heavy atom. The molecule has 0 N–H and O–H groups in total. The molecule has 1 aromatic carbocycles. The van der Waals surface area contributed by atoms with Gasteiger partial charge in [0.15, 0.2) is 0 Å². The molecule has 0 atom stereocenters. The van der Waals surface area contributed by atoms with Gasteiger partial charge < -0.3 is 9.30 Å². The minimum absolute atomic E-state index is 0.0688. The van der Waals surface area contributed by atoms with Crippen molar-refractivity contribution >= 4 is 17.6 Å². The summed E-state index contributed by atoms with van der Waals surface area (Å²) in [5.41, 5.74) is 1.02. The SMILES string of the molecule is COC(=O)c1cnc(C)n1Cc1ccc(Cl)c(F)c1. The first-order valence-electron chi connectivity index (χ1n) is 5.57. The van der Waals surface area contributed by atoms with E-state index in [0.717, 1.165) is 0 Å². The molecule has 4 nitrogen and oxygen atoms in total. The number of hydrogen-bond donors (Lipinski definition) is 0. The van der Waals surface area contributed by atoms with Crippen LogP contribution in [0.4, 0.5) is 4.39 Å². The van der Waals surface area contributed by atoms with E-state index in [0.29, 0.717) is 23.6 Å². The Labute approximate surface area is 114 Å². The van der Waals surface area contributed by atoms with Crippen molar-refractivity contribution in [1.29, 1.82) is 0 Å². The third kappa shape index (κ3) is 2.76. The molecule has 100 valence electrons. The zero-order chi connectivity index (χ0) is 14.0. The van der Waals surface area contributed by atoms with Crippen LogP contribution in [-0.2, 0) is 11.3 Å². The molecule has 0 amide bonds. The van der Waals surface area contributed by atoms with Gasteiger partial charge in [-0.15, -0.1) is 0 Å². The highest BCUT2D eigenvalue weighted by Gasteiger charge is 2.15. The number of carbonyl (C=O) groups is 1. The molecule has 0 unspecified atom stereocenters. The molecule has 6 heteroatoms. The van der Waals surface area contributed by atoms with Crippen LogP contribution in [0, 0.1) is 12.7 Å². The monoisotopic (exact) mass is 282 g/mol. The number of carbonyl (C=O) groups excluding carboxylic acids is 1. The fourth-order valence-corrected chi connectivity index (χ4v) is 1.87. The number of imidazole rings is 1. The number of ether oxygens (including phenoxy) is 1. The van der Waals surface area contributed by atoms with E-state index in [-0.39, 0.29) is 5.02 Å². The first kappa shape index (κ1) is 13.5. The molecule has 0 aliphatic carbocycles. The second-order valence-corrected chi connectivity index (χ2v) is 4.42. The van der Waals surface area contributed by atoms with E-state index in [1.54, 1.807) is 17.6 Å². The van der Waals surface area contributed by atoms with Crippen molar-refractivity contribution in [3.05, 3.63) is 52.3 Å². The molecule has 1 aromatic heterocycles. The molecule has 0 fully saturated rings. The highest BCUT2D eigenvalue weighted by atomic mass is 35.5. The molecule has 2 rings (SSSR count). The lowest BCUT2D eigenvalue weighted by atomic mass is 10.2. The van der Waals surface area contributed by atoms with E-state index in [4.69, 9.17) is 11.6 Å². The molecule has 0 aliphatic rings. The zero-order valence-corrected chi connectivity index (χ0v) is 11.2. The summed E-state index contributed by atoms with van der Waals surface area (Å²) in [6, 6.07) is 4.52. The van der Waals surface area contributed by atoms with E-state index in [1.165, 1.54) is 25.4 Å². The average molecular weight is 283 g/mol. The minimum Gasteiger partial charge on any atom is -0.464 e. The van der Waals surface area contributed by atoms with Crippen LogP contribution in [0.1, 0.15) is 21.9 Å². The van der Waals surface area contributed by atoms with E-state index >= 15 is 0 Å². The highest BCUT2D eigenvalue weighted by molar-refractivity contribution is 6.30. The number of aryl methyl sites for hydroxylation is 1. The molecule has 0 saturated carbocycles. The van der Waals surface area contributed by atoms with Gasteiger partial charge in [-0.1, -0.05) is 17.7 Å². The van der Waals surface area contributed by atoms with Crippen LogP contribution in [-0.4, -0.2) is 22.6 Å². The van der Waals surface area contributed by atoms with Gasteiger partial charge in [-0.2, -0.15) is 0 Å². The minimum atomic E-state index is -0.489. The first-order valence-corrected chi connectivity index (χ1v) is 5.95. The largest absolute Gasteiger partial charge is 0.464 e. The van der Waals surface area contributed by atoms with E-state index in [9.17, 15) is 9.18 Å². The Morgan fingerprint density at radius 2 is 2.26 bits per heavy atom. The topological polar surface area (TPSA) is 44.1 Å². The number of nitrogens with zero attached hydrogens (tertiary/aromatic N) is 2. The molecule has 2 aromatic rings. The quantitative estimate of drug-likeness (QED) is 0.813. The summed E-state index contributed by atoms with van der Waals surface area (Å²) in [4.78, 5) is 15.6. The predicted octanol–water partition coefficient (Wildman–Crippen LogP) is 2.82. The van der Waals surface area contributed by atoms with Gasteiger partial charge in [-0.3, -0.25) is 0 Å². The first-order chi connectivity index (χ1) is 9.02. The Kier molecular flexibility index (Phi) is 3.85. The summed E-state index contributed by atoms with van der Waals surface area (Å²) in [6.45, 7) is 2.09.